The van der Waals surface area contributed by atoms with Crippen LogP contribution in [0.5, 0.6) is 0 Å². The minimum absolute atomic E-state index is 0.00809. The molecule has 1 aliphatic rings. The second-order valence-corrected chi connectivity index (χ2v) is 6.82. The van der Waals surface area contributed by atoms with Gasteiger partial charge in [-0.25, -0.2) is 0 Å². The number of amides is 2. The lowest BCUT2D eigenvalue weighted by Crippen LogP contribution is -2.55. The summed E-state index contributed by atoms with van der Waals surface area (Å²) < 4.78 is 5.71. The van der Waals surface area contributed by atoms with Crippen molar-refractivity contribution in [3.63, 3.8) is 0 Å². The van der Waals surface area contributed by atoms with Gasteiger partial charge in [-0.1, -0.05) is 30.3 Å². The van der Waals surface area contributed by atoms with Crippen molar-refractivity contribution in [1.82, 2.24) is 4.90 Å². The SMILES string of the molecule is CC(C)N1C(=O)CO[C@H](c2ccc(NC(=O)c3ccccc3)cc2)[C@H]1CO. The van der Waals surface area contributed by atoms with E-state index in [0.717, 1.165) is 5.56 Å². The molecule has 27 heavy (non-hydrogen) atoms. The standard InChI is InChI=1S/C21H24N2O4/c1-14(2)23-18(12-24)20(27-13-19(23)25)15-8-10-17(11-9-15)22-21(26)16-6-4-3-5-7-16/h3-11,14,18,20,24H,12-13H2,1-2H3,(H,22,26)/t18-,20-/m1/s1. The van der Waals surface area contributed by atoms with Crippen LogP contribution in [0.2, 0.25) is 0 Å². The first-order valence-electron chi connectivity index (χ1n) is 9.01. The number of ether oxygens (including phenoxy) is 1. The monoisotopic (exact) mass is 368 g/mol. The number of aliphatic hydroxyl groups excluding tert-OH is 1. The predicted octanol–water partition coefficient (Wildman–Crippen LogP) is 2.61. The van der Waals surface area contributed by atoms with Crippen molar-refractivity contribution in [1.29, 1.82) is 0 Å². The molecule has 6 nitrogen and oxygen atoms in total. The molecule has 1 saturated heterocycles. The molecule has 6 heteroatoms. The molecule has 2 amide bonds. The smallest absolute Gasteiger partial charge is 0.255 e. The average Bonchev–Trinajstić information content (AvgIpc) is 2.68. The van der Waals surface area contributed by atoms with Crippen LogP contribution in [0.3, 0.4) is 0 Å². The van der Waals surface area contributed by atoms with Crippen LogP contribution in [0.25, 0.3) is 0 Å². The van der Waals surface area contributed by atoms with Gasteiger partial charge in [0.2, 0.25) is 5.91 Å². The van der Waals surface area contributed by atoms with E-state index in [2.05, 4.69) is 5.32 Å². The number of benzene rings is 2. The summed E-state index contributed by atoms with van der Waals surface area (Å²) >= 11 is 0. The number of aliphatic hydroxyl groups is 1. The fraction of sp³-hybridized carbons (Fsp3) is 0.333. The number of carbonyl (C=O) groups is 2. The highest BCUT2D eigenvalue weighted by atomic mass is 16.5. The van der Waals surface area contributed by atoms with Crippen LogP contribution < -0.4 is 5.32 Å². The Morgan fingerprint density at radius 2 is 1.85 bits per heavy atom. The van der Waals surface area contributed by atoms with Gasteiger partial charge in [0.05, 0.1) is 12.6 Å². The molecule has 2 N–H and O–H groups in total. The van der Waals surface area contributed by atoms with Gasteiger partial charge in [0.1, 0.15) is 12.7 Å². The molecule has 1 aliphatic heterocycles. The first kappa shape index (κ1) is 19.1. The molecule has 2 atom stereocenters. The van der Waals surface area contributed by atoms with E-state index in [0.29, 0.717) is 11.3 Å². The van der Waals surface area contributed by atoms with E-state index in [9.17, 15) is 14.7 Å². The van der Waals surface area contributed by atoms with Gasteiger partial charge in [0.15, 0.2) is 0 Å². The summed E-state index contributed by atoms with van der Waals surface area (Å²) in [7, 11) is 0. The molecule has 0 aliphatic carbocycles. The van der Waals surface area contributed by atoms with E-state index >= 15 is 0 Å². The molecule has 2 aromatic carbocycles. The summed E-state index contributed by atoms with van der Waals surface area (Å²) in [6, 6.07) is 15.8. The van der Waals surface area contributed by atoms with Crippen molar-refractivity contribution in [3.8, 4) is 0 Å². The van der Waals surface area contributed by atoms with Crippen molar-refractivity contribution in [2.24, 2.45) is 0 Å². The molecule has 0 bridgehead atoms. The molecule has 0 radical (unpaired) electrons. The Bertz CT molecular complexity index is 790. The Morgan fingerprint density at radius 3 is 2.44 bits per heavy atom. The lowest BCUT2D eigenvalue weighted by molar-refractivity contribution is -0.164. The van der Waals surface area contributed by atoms with E-state index in [1.807, 2.05) is 44.2 Å². The molecule has 142 valence electrons. The van der Waals surface area contributed by atoms with Crippen LogP contribution >= 0.6 is 0 Å². The van der Waals surface area contributed by atoms with Crippen LogP contribution in [0.1, 0.15) is 35.9 Å². The lowest BCUT2D eigenvalue weighted by atomic mass is 9.98. The first-order chi connectivity index (χ1) is 13.0. The molecular formula is C21H24N2O4. The maximum Gasteiger partial charge on any atom is 0.255 e. The zero-order valence-corrected chi connectivity index (χ0v) is 15.5. The minimum atomic E-state index is -0.434. The number of rotatable bonds is 5. The summed E-state index contributed by atoms with van der Waals surface area (Å²) in [5.74, 6) is -0.297. The quantitative estimate of drug-likeness (QED) is 0.850. The second kappa shape index (κ2) is 8.33. The Balaban J connectivity index is 1.74. The Kier molecular flexibility index (Phi) is 5.88. The Labute approximate surface area is 158 Å². The van der Waals surface area contributed by atoms with Gasteiger partial charge in [-0.05, 0) is 43.7 Å². The van der Waals surface area contributed by atoms with Crippen molar-refractivity contribution in [2.45, 2.75) is 32.0 Å². The summed E-state index contributed by atoms with van der Waals surface area (Å²) in [6.45, 7) is 3.66. The van der Waals surface area contributed by atoms with Crippen LogP contribution in [0.15, 0.2) is 54.6 Å². The molecule has 1 fully saturated rings. The molecule has 3 rings (SSSR count). The molecule has 1 heterocycles. The number of nitrogens with zero attached hydrogens (tertiary/aromatic N) is 1. The summed E-state index contributed by atoms with van der Waals surface area (Å²) in [5.41, 5.74) is 2.11. The van der Waals surface area contributed by atoms with E-state index in [1.165, 1.54) is 0 Å². The number of nitrogens with one attached hydrogen (secondary N) is 1. The van der Waals surface area contributed by atoms with Crippen molar-refractivity contribution < 1.29 is 19.4 Å². The van der Waals surface area contributed by atoms with E-state index < -0.39 is 12.1 Å². The number of hydrogen-bond donors (Lipinski definition) is 2. The van der Waals surface area contributed by atoms with Gasteiger partial charge in [-0.3, -0.25) is 9.59 Å². The lowest BCUT2D eigenvalue weighted by Gasteiger charge is -2.42. The largest absolute Gasteiger partial charge is 0.394 e. The third kappa shape index (κ3) is 4.18. The molecular weight excluding hydrogens is 344 g/mol. The van der Waals surface area contributed by atoms with Crippen molar-refractivity contribution in [3.05, 3.63) is 65.7 Å². The highest BCUT2D eigenvalue weighted by Crippen LogP contribution is 2.31. The van der Waals surface area contributed by atoms with Gasteiger partial charge in [-0.15, -0.1) is 0 Å². The highest BCUT2D eigenvalue weighted by Gasteiger charge is 2.38. The van der Waals surface area contributed by atoms with E-state index in [1.54, 1.807) is 29.2 Å². The van der Waals surface area contributed by atoms with Crippen LogP contribution in [-0.4, -0.2) is 47.1 Å². The topological polar surface area (TPSA) is 78.9 Å². The molecule has 0 unspecified atom stereocenters. The van der Waals surface area contributed by atoms with Gasteiger partial charge in [-0.2, -0.15) is 0 Å². The Morgan fingerprint density at radius 1 is 1.19 bits per heavy atom. The van der Waals surface area contributed by atoms with Gasteiger partial charge >= 0.3 is 0 Å². The normalized spacial score (nSPS) is 20.0. The summed E-state index contributed by atoms with van der Waals surface area (Å²) in [4.78, 5) is 26.1. The number of carbonyl (C=O) groups excluding carboxylic acids is 2. The van der Waals surface area contributed by atoms with E-state index in [-0.39, 0.29) is 31.1 Å². The number of morpholine rings is 1. The van der Waals surface area contributed by atoms with Gasteiger partial charge in [0.25, 0.3) is 5.91 Å². The number of hydrogen-bond acceptors (Lipinski definition) is 4. The maximum absolute atomic E-state index is 12.2. The third-order valence-corrected chi connectivity index (χ3v) is 4.66. The van der Waals surface area contributed by atoms with Gasteiger partial charge < -0.3 is 20.1 Å². The fourth-order valence-corrected chi connectivity index (χ4v) is 3.40. The fourth-order valence-electron chi connectivity index (χ4n) is 3.40. The zero-order valence-electron chi connectivity index (χ0n) is 15.5. The Hall–Kier alpha value is -2.70. The summed E-state index contributed by atoms with van der Waals surface area (Å²) in [6.07, 6.45) is -0.408. The van der Waals surface area contributed by atoms with Crippen LogP contribution in [0.4, 0.5) is 5.69 Å². The minimum Gasteiger partial charge on any atom is -0.394 e. The van der Waals surface area contributed by atoms with Crippen LogP contribution in [0, 0.1) is 0 Å². The third-order valence-electron chi connectivity index (χ3n) is 4.66. The van der Waals surface area contributed by atoms with Crippen molar-refractivity contribution in [2.75, 3.05) is 18.5 Å². The molecule has 0 saturated carbocycles. The summed E-state index contributed by atoms with van der Waals surface area (Å²) in [5, 5.41) is 12.7. The highest BCUT2D eigenvalue weighted by molar-refractivity contribution is 6.04. The number of anilines is 1. The van der Waals surface area contributed by atoms with Crippen LogP contribution in [-0.2, 0) is 9.53 Å². The molecule has 0 spiro atoms. The average molecular weight is 368 g/mol. The van der Waals surface area contributed by atoms with E-state index in [4.69, 9.17) is 4.74 Å². The maximum atomic E-state index is 12.2. The predicted molar refractivity (Wildman–Crippen MR) is 102 cm³/mol. The van der Waals surface area contributed by atoms with Crippen molar-refractivity contribution >= 4 is 17.5 Å². The second-order valence-electron chi connectivity index (χ2n) is 6.82. The first-order valence-corrected chi connectivity index (χ1v) is 9.01. The zero-order chi connectivity index (χ0) is 19.4. The molecule has 0 aromatic heterocycles. The molecule has 2 aromatic rings. The van der Waals surface area contributed by atoms with Gasteiger partial charge in [0, 0.05) is 17.3 Å².